The molecule has 0 N–H and O–H groups in total. The summed E-state index contributed by atoms with van der Waals surface area (Å²) in [6.45, 7) is 3.77. The van der Waals surface area contributed by atoms with Crippen molar-refractivity contribution in [3.8, 4) is 5.75 Å². The normalized spacial score (nSPS) is 12.7. The van der Waals surface area contributed by atoms with Crippen molar-refractivity contribution in [2.24, 2.45) is 0 Å². The number of carbonyl (C=O) groups is 1. The molecule has 0 fully saturated rings. The van der Waals surface area contributed by atoms with E-state index in [0.717, 1.165) is 25.7 Å². The van der Waals surface area contributed by atoms with E-state index in [2.05, 4.69) is 11.7 Å². The Hall–Kier alpha value is -1.56. The Morgan fingerprint density at radius 1 is 1.14 bits per heavy atom. The van der Waals surface area contributed by atoms with E-state index in [1.165, 1.54) is 31.4 Å². The van der Waals surface area contributed by atoms with Crippen LogP contribution >= 0.6 is 0 Å². The first kappa shape index (κ1) is 18.5. The average molecular weight is 328 g/mol. The Labute approximate surface area is 132 Å². The zero-order chi connectivity index (χ0) is 16.6. The van der Waals surface area contributed by atoms with E-state index in [-0.39, 0.29) is 5.75 Å². The summed E-state index contributed by atoms with van der Waals surface area (Å²) < 4.78 is 33.9. The van der Waals surface area contributed by atoms with Crippen LogP contribution in [-0.4, -0.2) is 26.7 Å². The lowest BCUT2D eigenvalue weighted by atomic mass is 10.1. The number of carbonyl (C=O) groups excluding carboxylic acids is 1. The van der Waals surface area contributed by atoms with Crippen LogP contribution in [0.15, 0.2) is 24.3 Å². The summed E-state index contributed by atoms with van der Waals surface area (Å²) in [6.07, 6.45) is 4.72. The van der Waals surface area contributed by atoms with E-state index in [1.807, 2.05) is 0 Å². The van der Waals surface area contributed by atoms with Crippen LogP contribution in [0.2, 0.25) is 0 Å². The van der Waals surface area contributed by atoms with Crippen molar-refractivity contribution in [3.05, 3.63) is 29.8 Å². The van der Waals surface area contributed by atoms with Gasteiger partial charge in [-0.3, -0.25) is 0 Å². The number of methoxy groups -OCH3 is 1. The van der Waals surface area contributed by atoms with Crippen LogP contribution in [0.25, 0.3) is 0 Å². The summed E-state index contributed by atoms with van der Waals surface area (Å²) in [5.41, 5.74) is 0.347. The SMILES string of the molecule is CCCCCCC(C)S(=O)(=O)Oc1ccc(C(=O)OC)cc1. The van der Waals surface area contributed by atoms with Crippen molar-refractivity contribution in [1.29, 1.82) is 0 Å². The van der Waals surface area contributed by atoms with Crippen molar-refractivity contribution < 1.29 is 22.1 Å². The van der Waals surface area contributed by atoms with Gasteiger partial charge in [0, 0.05) is 0 Å². The van der Waals surface area contributed by atoms with Gasteiger partial charge in [0.25, 0.3) is 0 Å². The molecule has 0 heterocycles. The van der Waals surface area contributed by atoms with Crippen molar-refractivity contribution in [2.45, 2.75) is 51.2 Å². The molecule has 1 unspecified atom stereocenters. The molecule has 1 aromatic rings. The maximum Gasteiger partial charge on any atom is 0.337 e. The maximum atomic E-state index is 12.1. The average Bonchev–Trinajstić information content (AvgIpc) is 2.51. The fourth-order valence-corrected chi connectivity index (χ4v) is 2.98. The lowest BCUT2D eigenvalue weighted by molar-refractivity contribution is 0.0600. The maximum absolute atomic E-state index is 12.1. The highest BCUT2D eigenvalue weighted by molar-refractivity contribution is 7.87. The van der Waals surface area contributed by atoms with Gasteiger partial charge in [-0.15, -0.1) is 0 Å². The van der Waals surface area contributed by atoms with Gasteiger partial charge >= 0.3 is 16.1 Å². The Kier molecular flexibility index (Phi) is 7.38. The first-order chi connectivity index (χ1) is 10.4. The largest absolute Gasteiger partial charge is 0.465 e. The minimum atomic E-state index is -3.66. The lowest BCUT2D eigenvalue weighted by Gasteiger charge is -2.13. The Balaban J connectivity index is 2.61. The zero-order valence-electron chi connectivity index (χ0n) is 13.4. The van der Waals surface area contributed by atoms with Gasteiger partial charge in [0.1, 0.15) is 5.75 Å². The Morgan fingerprint density at radius 2 is 1.77 bits per heavy atom. The molecule has 1 rings (SSSR count). The third-order valence-corrected chi connectivity index (χ3v) is 5.09. The van der Waals surface area contributed by atoms with Crippen molar-refractivity contribution in [2.75, 3.05) is 7.11 Å². The summed E-state index contributed by atoms with van der Waals surface area (Å²) >= 11 is 0. The predicted octanol–water partition coefficient (Wildman–Crippen LogP) is 3.54. The van der Waals surface area contributed by atoms with Crippen LogP contribution in [-0.2, 0) is 14.9 Å². The number of esters is 1. The highest BCUT2D eigenvalue weighted by atomic mass is 32.2. The van der Waals surface area contributed by atoms with E-state index in [4.69, 9.17) is 4.18 Å². The van der Waals surface area contributed by atoms with Gasteiger partial charge in [-0.1, -0.05) is 32.6 Å². The summed E-state index contributed by atoms with van der Waals surface area (Å²) in [5.74, 6) is -0.272. The topological polar surface area (TPSA) is 69.7 Å². The van der Waals surface area contributed by atoms with E-state index in [9.17, 15) is 13.2 Å². The second-order valence-corrected chi connectivity index (χ2v) is 7.21. The molecule has 0 saturated heterocycles. The molecule has 6 heteroatoms. The molecule has 0 aliphatic rings. The molecule has 124 valence electrons. The van der Waals surface area contributed by atoms with Gasteiger partial charge in [-0.05, 0) is 37.6 Å². The number of hydrogen-bond donors (Lipinski definition) is 0. The first-order valence-corrected chi connectivity index (χ1v) is 8.99. The molecule has 0 aliphatic heterocycles. The molecule has 0 bridgehead atoms. The Morgan fingerprint density at radius 3 is 2.32 bits per heavy atom. The molecule has 1 atom stereocenters. The number of benzene rings is 1. The molecule has 0 spiro atoms. The van der Waals surface area contributed by atoms with E-state index in [1.54, 1.807) is 6.92 Å². The summed E-state index contributed by atoms with van der Waals surface area (Å²) in [4.78, 5) is 11.3. The second-order valence-electron chi connectivity index (χ2n) is 5.25. The van der Waals surface area contributed by atoms with Gasteiger partial charge in [-0.2, -0.15) is 8.42 Å². The fraction of sp³-hybridized carbons (Fsp3) is 0.562. The first-order valence-electron chi connectivity index (χ1n) is 7.52. The molecule has 0 amide bonds. The number of hydrogen-bond acceptors (Lipinski definition) is 5. The van der Waals surface area contributed by atoms with Crippen LogP contribution in [0.5, 0.6) is 5.75 Å². The monoisotopic (exact) mass is 328 g/mol. The molecule has 5 nitrogen and oxygen atoms in total. The third kappa shape index (κ3) is 5.67. The third-order valence-electron chi connectivity index (χ3n) is 3.44. The van der Waals surface area contributed by atoms with Gasteiger partial charge in [0.05, 0.1) is 17.9 Å². The van der Waals surface area contributed by atoms with E-state index < -0.39 is 21.3 Å². The summed E-state index contributed by atoms with van der Waals surface area (Å²) in [7, 11) is -2.37. The quantitative estimate of drug-likeness (QED) is 0.394. The van der Waals surface area contributed by atoms with Crippen LogP contribution in [0.3, 0.4) is 0 Å². The van der Waals surface area contributed by atoms with E-state index in [0.29, 0.717) is 12.0 Å². The minimum absolute atomic E-state index is 0.202. The molecular formula is C16H24O5S. The highest BCUT2D eigenvalue weighted by Crippen LogP contribution is 2.19. The van der Waals surface area contributed by atoms with Gasteiger partial charge in [0.2, 0.25) is 0 Å². The smallest absolute Gasteiger partial charge is 0.337 e. The van der Waals surface area contributed by atoms with Crippen molar-refractivity contribution >= 4 is 16.1 Å². The number of rotatable bonds is 9. The van der Waals surface area contributed by atoms with Gasteiger partial charge in [0.15, 0.2) is 0 Å². The van der Waals surface area contributed by atoms with E-state index >= 15 is 0 Å². The predicted molar refractivity (Wildman–Crippen MR) is 85.6 cm³/mol. The fourth-order valence-electron chi connectivity index (χ4n) is 1.98. The molecule has 22 heavy (non-hydrogen) atoms. The van der Waals surface area contributed by atoms with Crippen LogP contribution in [0.4, 0.5) is 0 Å². The zero-order valence-corrected chi connectivity index (χ0v) is 14.2. The molecule has 0 aliphatic carbocycles. The summed E-state index contributed by atoms with van der Waals surface area (Å²) in [5, 5.41) is -0.551. The molecule has 0 saturated carbocycles. The molecule has 1 aromatic carbocycles. The number of unbranched alkanes of at least 4 members (excludes halogenated alkanes) is 3. The van der Waals surface area contributed by atoms with Crippen LogP contribution < -0.4 is 4.18 Å². The van der Waals surface area contributed by atoms with Crippen molar-refractivity contribution in [1.82, 2.24) is 0 Å². The van der Waals surface area contributed by atoms with Gasteiger partial charge in [-0.25, -0.2) is 4.79 Å². The Bertz CT molecular complexity index is 563. The van der Waals surface area contributed by atoms with Gasteiger partial charge < -0.3 is 8.92 Å². The van der Waals surface area contributed by atoms with Crippen LogP contribution in [0, 0.1) is 0 Å². The lowest BCUT2D eigenvalue weighted by Crippen LogP contribution is -2.23. The summed E-state index contributed by atoms with van der Waals surface area (Å²) in [6, 6.07) is 5.85. The molecule has 0 radical (unpaired) electrons. The number of ether oxygens (including phenoxy) is 1. The standard InChI is InChI=1S/C16H24O5S/c1-4-5-6-7-8-13(2)22(18,19)21-15-11-9-14(10-12-15)16(17)20-3/h9-13H,4-8H2,1-3H3. The molecule has 0 aromatic heterocycles. The van der Waals surface area contributed by atoms with Crippen molar-refractivity contribution in [3.63, 3.8) is 0 Å². The highest BCUT2D eigenvalue weighted by Gasteiger charge is 2.22. The van der Waals surface area contributed by atoms with Crippen LogP contribution in [0.1, 0.15) is 56.3 Å². The second kappa shape index (κ2) is 8.78. The minimum Gasteiger partial charge on any atom is -0.465 e. The molecular weight excluding hydrogens is 304 g/mol.